The average Bonchev–Trinajstić information content (AvgIpc) is 3.86. The van der Waals surface area contributed by atoms with Crippen molar-refractivity contribution in [3.8, 4) is 0 Å². The van der Waals surface area contributed by atoms with Crippen LogP contribution in [-0.2, 0) is 0 Å². The molecule has 0 aliphatic carbocycles. The zero-order valence-corrected chi connectivity index (χ0v) is 29.0. The molecule has 3 heterocycles. The Bertz CT molecular complexity index is 2300. The summed E-state index contributed by atoms with van der Waals surface area (Å²) in [4.78, 5) is 61.8. The van der Waals surface area contributed by atoms with Crippen LogP contribution in [0, 0.1) is 0 Å². The summed E-state index contributed by atoms with van der Waals surface area (Å²) in [7, 11) is 0. The van der Waals surface area contributed by atoms with E-state index in [4.69, 9.17) is 22.9 Å². The fourth-order valence-corrected chi connectivity index (χ4v) is 5.81. The molecule has 13 N–H and O–H groups in total. The average molecular weight is 718 g/mol. The first-order chi connectivity index (χ1) is 25.4. The highest BCUT2D eigenvalue weighted by atomic mass is 16.2. The maximum atomic E-state index is 13.3. The third kappa shape index (κ3) is 7.88. The molecule has 0 saturated heterocycles. The van der Waals surface area contributed by atoms with Gasteiger partial charge in [0.1, 0.15) is 17.1 Å². The number of aromatic nitrogens is 3. The summed E-state index contributed by atoms with van der Waals surface area (Å²) < 4.78 is 0. The van der Waals surface area contributed by atoms with E-state index in [1.807, 2.05) is 13.8 Å². The third-order valence-electron chi connectivity index (χ3n) is 8.16. The van der Waals surface area contributed by atoms with Crippen LogP contribution in [0.3, 0.4) is 0 Å². The predicted octanol–water partition coefficient (Wildman–Crippen LogP) is 3.72. The topological polar surface area (TPSA) is 275 Å². The van der Waals surface area contributed by atoms with Crippen molar-refractivity contribution in [3.63, 3.8) is 0 Å². The molecule has 0 saturated carbocycles. The first kappa shape index (κ1) is 35.5. The van der Waals surface area contributed by atoms with Crippen LogP contribution in [0.1, 0.15) is 68.5 Å². The molecule has 0 bridgehead atoms. The van der Waals surface area contributed by atoms with Gasteiger partial charge in [-0.3, -0.25) is 19.2 Å². The SMILES string of the molecule is CCCN(N=C(N)N)C(=O)c1cc2ccc(NC(=O)c3ccc4[nH]c(C(=O)Nc5ccc6cc(C(=O)N(CCC)N=C(N)N)[nH]c6c5)cc4c3)cc2[nH]1. The Kier molecular flexibility index (Phi) is 9.98. The summed E-state index contributed by atoms with van der Waals surface area (Å²) in [5, 5.41) is 18.2. The second-order valence-corrected chi connectivity index (χ2v) is 12.3. The van der Waals surface area contributed by atoms with Gasteiger partial charge >= 0.3 is 0 Å². The van der Waals surface area contributed by atoms with Crippen molar-refractivity contribution in [1.29, 1.82) is 0 Å². The van der Waals surface area contributed by atoms with Gasteiger partial charge in [0.05, 0.1) is 0 Å². The van der Waals surface area contributed by atoms with Crippen LogP contribution >= 0.6 is 0 Å². The van der Waals surface area contributed by atoms with Crippen molar-refractivity contribution in [1.82, 2.24) is 25.0 Å². The normalized spacial score (nSPS) is 11.0. The van der Waals surface area contributed by atoms with Gasteiger partial charge in [0.15, 0.2) is 0 Å². The van der Waals surface area contributed by atoms with Crippen molar-refractivity contribution in [2.45, 2.75) is 26.7 Å². The fraction of sp³-hybridized carbons (Fsp3) is 0.167. The number of guanidine groups is 2. The molecule has 3 aromatic heterocycles. The maximum Gasteiger partial charge on any atom is 0.290 e. The lowest BCUT2D eigenvalue weighted by molar-refractivity contribution is 0.0748. The number of H-pyrrole nitrogens is 3. The highest BCUT2D eigenvalue weighted by Gasteiger charge is 2.20. The standard InChI is InChI=1S/C36H39N13O4/c1-3-11-48(46-35(37)38)33(52)29-14-19-5-8-23(17-26(19)44-29)41-31(50)21-7-10-25-22(13-21)16-28(43-25)32(51)42-24-9-6-20-15-30(45-27(20)18-24)34(53)49(12-4-2)47-36(39)40/h5-10,13-18,43-45H,3-4,11-12H2,1-2H3,(H,41,50)(H,42,51)(H4,37,38,46)(H4,39,40,47). The molecule has 4 amide bonds. The van der Waals surface area contributed by atoms with Crippen LogP contribution in [0.4, 0.5) is 11.4 Å². The third-order valence-corrected chi connectivity index (χ3v) is 8.16. The Labute approximate surface area is 302 Å². The summed E-state index contributed by atoms with van der Waals surface area (Å²) in [5.74, 6) is -1.98. The number of hydrogen-bond donors (Lipinski definition) is 9. The zero-order chi connectivity index (χ0) is 37.8. The van der Waals surface area contributed by atoms with Crippen LogP contribution in [0.5, 0.6) is 0 Å². The van der Waals surface area contributed by atoms with E-state index in [1.165, 1.54) is 10.0 Å². The minimum atomic E-state index is -0.399. The second kappa shape index (κ2) is 14.9. The van der Waals surface area contributed by atoms with Gasteiger partial charge in [-0.2, -0.15) is 0 Å². The maximum absolute atomic E-state index is 13.3. The number of carbonyl (C=O) groups is 4. The highest BCUT2D eigenvalue weighted by Crippen LogP contribution is 2.25. The minimum absolute atomic E-state index is 0.219. The number of hydrogen-bond acceptors (Lipinski definition) is 6. The van der Waals surface area contributed by atoms with E-state index in [0.29, 0.717) is 76.2 Å². The summed E-state index contributed by atoms with van der Waals surface area (Å²) in [5.41, 5.74) is 26.2. The molecule has 6 rings (SSSR count). The van der Waals surface area contributed by atoms with Crippen LogP contribution in [-0.4, -0.2) is 73.6 Å². The first-order valence-electron chi connectivity index (χ1n) is 16.8. The van der Waals surface area contributed by atoms with Crippen molar-refractivity contribution >= 4 is 79.6 Å². The molecule has 17 nitrogen and oxygen atoms in total. The Hall–Kier alpha value is -7.30. The van der Waals surface area contributed by atoms with Gasteiger partial charge in [-0.15, -0.1) is 10.2 Å². The summed E-state index contributed by atoms with van der Waals surface area (Å²) in [6.45, 7) is 4.48. The highest BCUT2D eigenvalue weighted by molar-refractivity contribution is 6.10. The molecule has 0 spiro atoms. The first-order valence-corrected chi connectivity index (χ1v) is 16.8. The lowest BCUT2D eigenvalue weighted by atomic mass is 10.1. The van der Waals surface area contributed by atoms with Gasteiger partial charge < -0.3 is 48.5 Å². The monoisotopic (exact) mass is 717 g/mol. The number of carbonyl (C=O) groups excluding carboxylic acids is 4. The summed E-state index contributed by atoms with van der Waals surface area (Å²) in [6, 6.07) is 20.6. The molecule has 0 aliphatic rings. The predicted molar refractivity (Wildman–Crippen MR) is 205 cm³/mol. The van der Waals surface area contributed by atoms with Crippen LogP contribution in [0.2, 0.25) is 0 Å². The number of fused-ring (bicyclic) bond motifs is 3. The van der Waals surface area contributed by atoms with Gasteiger partial charge in [-0.1, -0.05) is 26.0 Å². The van der Waals surface area contributed by atoms with E-state index in [1.54, 1.807) is 72.8 Å². The number of aromatic amines is 3. The molecule has 53 heavy (non-hydrogen) atoms. The molecule has 6 aromatic rings. The Morgan fingerprint density at radius 1 is 0.566 bits per heavy atom. The Morgan fingerprint density at radius 3 is 1.53 bits per heavy atom. The van der Waals surface area contributed by atoms with Gasteiger partial charge in [0.2, 0.25) is 11.9 Å². The van der Waals surface area contributed by atoms with E-state index in [-0.39, 0.29) is 29.4 Å². The number of nitrogens with one attached hydrogen (secondary N) is 5. The molecular weight excluding hydrogens is 678 g/mol. The number of anilines is 2. The lowest BCUT2D eigenvalue weighted by Gasteiger charge is -2.15. The molecule has 272 valence electrons. The molecule has 0 radical (unpaired) electrons. The van der Waals surface area contributed by atoms with E-state index < -0.39 is 11.8 Å². The number of nitrogens with two attached hydrogens (primary N) is 4. The number of amides is 4. The Morgan fingerprint density at radius 2 is 1.04 bits per heavy atom. The van der Waals surface area contributed by atoms with Gasteiger partial charge in [0.25, 0.3) is 23.6 Å². The van der Waals surface area contributed by atoms with Gasteiger partial charge in [-0.25, -0.2) is 10.0 Å². The van der Waals surface area contributed by atoms with Crippen molar-refractivity contribution in [3.05, 3.63) is 95.4 Å². The number of nitrogens with zero attached hydrogens (tertiary/aromatic N) is 4. The Balaban J connectivity index is 1.13. The molecule has 17 heteroatoms. The summed E-state index contributed by atoms with van der Waals surface area (Å²) in [6.07, 6.45) is 1.31. The van der Waals surface area contributed by atoms with Crippen molar-refractivity contribution < 1.29 is 19.2 Å². The lowest BCUT2D eigenvalue weighted by Crippen LogP contribution is -2.33. The quantitative estimate of drug-likeness (QED) is 0.0510. The van der Waals surface area contributed by atoms with Crippen molar-refractivity contribution in [2.75, 3.05) is 23.7 Å². The van der Waals surface area contributed by atoms with E-state index in [0.717, 1.165) is 10.8 Å². The fourth-order valence-electron chi connectivity index (χ4n) is 5.81. The van der Waals surface area contributed by atoms with E-state index in [9.17, 15) is 19.2 Å². The molecule has 3 aromatic carbocycles. The molecule has 0 aliphatic heterocycles. The number of rotatable bonds is 12. The number of benzene rings is 3. The van der Waals surface area contributed by atoms with Crippen LogP contribution in [0.15, 0.2) is 83.0 Å². The molecule has 0 fully saturated rings. The smallest absolute Gasteiger partial charge is 0.290 e. The molecular formula is C36H39N13O4. The molecule has 0 atom stereocenters. The van der Waals surface area contributed by atoms with E-state index >= 15 is 0 Å². The summed E-state index contributed by atoms with van der Waals surface area (Å²) >= 11 is 0. The van der Waals surface area contributed by atoms with Crippen molar-refractivity contribution in [2.24, 2.45) is 33.1 Å². The van der Waals surface area contributed by atoms with Crippen LogP contribution < -0.4 is 33.6 Å². The van der Waals surface area contributed by atoms with Crippen LogP contribution in [0.25, 0.3) is 32.7 Å². The van der Waals surface area contributed by atoms with E-state index in [2.05, 4.69) is 35.8 Å². The van der Waals surface area contributed by atoms with Gasteiger partial charge in [0, 0.05) is 62.7 Å². The largest absolute Gasteiger partial charge is 0.369 e. The minimum Gasteiger partial charge on any atom is -0.369 e. The second-order valence-electron chi connectivity index (χ2n) is 12.3. The zero-order valence-electron chi connectivity index (χ0n) is 29.0. The van der Waals surface area contributed by atoms with Gasteiger partial charge in [-0.05, 0) is 73.5 Å². The molecule has 0 unspecified atom stereocenters. The number of hydrazone groups is 2.